The number of aromatic nitrogens is 2. The Labute approximate surface area is 119 Å². The number of halogens is 3. The molecule has 0 aromatic carbocycles. The first-order valence-corrected chi connectivity index (χ1v) is 6.80. The first kappa shape index (κ1) is 14.1. The molecule has 1 fully saturated rings. The number of pyridine rings is 2. The van der Waals surface area contributed by atoms with E-state index in [-0.39, 0.29) is 11.6 Å². The zero-order valence-electron chi connectivity index (χ0n) is 10.2. The molecule has 0 N–H and O–H groups in total. The van der Waals surface area contributed by atoms with Gasteiger partial charge in [0.25, 0.3) is 0 Å². The molecule has 2 heterocycles. The maximum atomic E-state index is 12.4. The molecule has 19 heavy (non-hydrogen) atoms. The Kier molecular flexibility index (Phi) is 4.96. The monoisotopic (exact) mass is 326 g/mol. The molecule has 1 aliphatic carbocycles. The fourth-order valence-corrected chi connectivity index (χ4v) is 1.74. The molecule has 0 unspecified atom stereocenters. The third-order valence-corrected chi connectivity index (χ3v) is 3.14. The van der Waals surface area contributed by atoms with Crippen molar-refractivity contribution in [2.75, 3.05) is 0 Å². The largest absolute Gasteiger partial charge is 0.258 e. The molecule has 2 nitrogen and oxygen atoms in total. The summed E-state index contributed by atoms with van der Waals surface area (Å²) in [7, 11) is 0. The van der Waals surface area contributed by atoms with Crippen molar-refractivity contribution in [1.82, 2.24) is 9.97 Å². The second-order valence-corrected chi connectivity index (χ2v) is 5.23. The molecule has 0 aliphatic heterocycles. The summed E-state index contributed by atoms with van der Waals surface area (Å²) in [5, 5.41) is 0. The van der Waals surface area contributed by atoms with Gasteiger partial charge in [-0.3, -0.25) is 4.98 Å². The summed E-state index contributed by atoms with van der Waals surface area (Å²) in [5.74, 6) is 0.269. The van der Waals surface area contributed by atoms with Gasteiger partial charge in [-0.05, 0) is 65.4 Å². The van der Waals surface area contributed by atoms with Crippen molar-refractivity contribution in [3.05, 3.63) is 58.6 Å². The molecule has 2 aromatic heterocycles. The van der Waals surface area contributed by atoms with Gasteiger partial charge in [0.15, 0.2) is 0 Å². The van der Waals surface area contributed by atoms with E-state index in [1.54, 1.807) is 12.1 Å². The smallest absolute Gasteiger partial charge is 0.141 e. The van der Waals surface area contributed by atoms with E-state index in [0.717, 1.165) is 24.2 Å². The van der Waals surface area contributed by atoms with Crippen molar-refractivity contribution in [1.29, 1.82) is 0 Å². The van der Waals surface area contributed by atoms with E-state index in [1.807, 2.05) is 0 Å². The highest BCUT2D eigenvalue weighted by atomic mass is 79.9. The molecule has 0 atom stereocenters. The second-order valence-electron chi connectivity index (χ2n) is 4.41. The topological polar surface area (TPSA) is 25.8 Å². The quantitative estimate of drug-likeness (QED) is 0.774. The Balaban J connectivity index is 0.000000148. The van der Waals surface area contributed by atoms with Gasteiger partial charge in [-0.1, -0.05) is 0 Å². The molecular formula is C14H13BrF2N2. The van der Waals surface area contributed by atoms with Crippen LogP contribution in [0.4, 0.5) is 8.78 Å². The van der Waals surface area contributed by atoms with Gasteiger partial charge in [0.1, 0.15) is 16.2 Å². The summed E-state index contributed by atoms with van der Waals surface area (Å²) in [6.07, 6.45) is 6.11. The highest BCUT2D eigenvalue weighted by molar-refractivity contribution is 9.10. The molecular weight excluding hydrogens is 314 g/mol. The van der Waals surface area contributed by atoms with Crippen LogP contribution in [0.5, 0.6) is 0 Å². The molecule has 3 rings (SSSR count). The summed E-state index contributed by atoms with van der Waals surface area (Å²) in [4.78, 5) is 7.60. The van der Waals surface area contributed by atoms with Crippen LogP contribution in [-0.4, -0.2) is 9.97 Å². The lowest BCUT2D eigenvalue weighted by Gasteiger charge is -1.95. The van der Waals surface area contributed by atoms with E-state index in [2.05, 4.69) is 25.9 Å². The maximum Gasteiger partial charge on any atom is 0.141 e. The molecule has 0 saturated heterocycles. The van der Waals surface area contributed by atoms with Crippen LogP contribution in [0, 0.1) is 17.6 Å². The summed E-state index contributed by atoms with van der Waals surface area (Å²) in [6, 6.07) is 6.14. The summed E-state index contributed by atoms with van der Waals surface area (Å²) in [5.41, 5.74) is 1.02. The highest BCUT2D eigenvalue weighted by Crippen LogP contribution is 2.31. The number of hydrogen-bond acceptors (Lipinski definition) is 2. The van der Waals surface area contributed by atoms with Crippen LogP contribution >= 0.6 is 15.9 Å². The third kappa shape index (κ3) is 5.42. The van der Waals surface area contributed by atoms with E-state index >= 15 is 0 Å². The van der Waals surface area contributed by atoms with Crippen LogP contribution in [0.3, 0.4) is 0 Å². The van der Waals surface area contributed by atoms with Crippen molar-refractivity contribution in [2.24, 2.45) is 5.92 Å². The Bertz CT molecular complexity index is 489. The average molecular weight is 327 g/mol. The number of hydrogen-bond donors (Lipinski definition) is 0. The van der Waals surface area contributed by atoms with Gasteiger partial charge >= 0.3 is 0 Å². The summed E-state index contributed by atoms with van der Waals surface area (Å²) < 4.78 is 25.0. The molecule has 0 radical (unpaired) electrons. The van der Waals surface area contributed by atoms with Crippen LogP contribution in [0.15, 0.2) is 41.3 Å². The normalized spacial score (nSPS) is 13.6. The van der Waals surface area contributed by atoms with Crippen LogP contribution in [0.1, 0.15) is 18.5 Å². The molecule has 1 saturated carbocycles. The highest BCUT2D eigenvalue weighted by Gasteiger charge is 2.21. The Morgan fingerprint density at radius 3 is 2.05 bits per heavy atom. The Hall–Kier alpha value is -1.36. The van der Waals surface area contributed by atoms with Gasteiger partial charge in [-0.2, -0.15) is 0 Å². The van der Waals surface area contributed by atoms with Crippen LogP contribution in [-0.2, 0) is 6.42 Å². The van der Waals surface area contributed by atoms with Gasteiger partial charge in [-0.15, -0.1) is 0 Å². The van der Waals surface area contributed by atoms with E-state index in [0.29, 0.717) is 4.60 Å². The molecule has 5 heteroatoms. The van der Waals surface area contributed by atoms with Crippen molar-refractivity contribution in [3.8, 4) is 0 Å². The predicted octanol–water partition coefficient (Wildman–Crippen LogP) is 4.16. The lowest BCUT2D eigenvalue weighted by molar-refractivity contribution is 0.617. The molecule has 0 spiro atoms. The predicted molar refractivity (Wildman–Crippen MR) is 72.5 cm³/mol. The first-order chi connectivity index (χ1) is 9.13. The van der Waals surface area contributed by atoms with Crippen LogP contribution in [0.2, 0.25) is 0 Å². The van der Waals surface area contributed by atoms with Gasteiger partial charge in [0, 0.05) is 5.69 Å². The first-order valence-electron chi connectivity index (χ1n) is 6.01. The molecule has 0 bridgehead atoms. The SMILES string of the molecule is Fc1ccc(Br)nc1.Fc1ccc(CC2CC2)nc1. The van der Waals surface area contributed by atoms with Crippen molar-refractivity contribution in [3.63, 3.8) is 0 Å². The minimum atomic E-state index is -0.312. The Morgan fingerprint density at radius 2 is 1.63 bits per heavy atom. The standard InChI is InChI=1S/C9H10FN.C5H3BrFN/c10-8-3-4-9(11-6-8)5-7-1-2-7;6-5-2-1-4(7)3-8-5/h3-4,6-7H,1-2,5H2;1-3H. The zero-order chi connectivity index (χ0) is 13.7. The summed E-state index contributed by atoms with van der Waals surface area (Å²) in [6.45, 7) is 0. The number of rotatable bonds is 2. The molecule has 1 aliphatic rings. The van der Waals surface area contributed by atoms with Crippen LogP contribution in [0.25, 0.3) is 0 Å². The second kappa shape index (κ2) is 6.70. The van der Waals surface area contributed by atoms with Gasteiger partial charge < -0.3 is 0 Å². The van der Waals surface area contributed by atoms with E-state index in [1.165, 1.54) is 31.2 Å². The lowest BCUT2D eigenvalue weighted by atomic mass is 10.2. The maximum absolute atomic E-state index is 12.4. The van der Waals surface area contributed by atoms with E-state index in [4.69, 9.17) is 0 Å². The van der Waals surface area contributed by atoms with Crippen molar-refractivity contribution in [2.45, 2.75) is 19.3 Å². The lowest BCUT2D eigenvalue weighted by Crippen LogP contribution is -1.91. The minimum absolute atomic E-state index is 0.246. The van der Waals surface area contributed by atoms with Crippen molar-refractivity contribution < 1.29 is 8.78 Å². The average Bonchev–Trinajstić information content (AvgIpc) is 3.21. The minimum Gasteiger partial charge on any atom is -0.258 e. The van der Waals surface area contributed by atoms with Crippen molar-refractivity contribution >= 4 is 15.9 Å². The van der Waals surface area contributed by atoms with Gasteiger partial charge in [0.05, 0.1) is 12.4 Å². The van der Waals surface area contributed by atoms with Gasteiger partial charge in [0.2, 0.25) is 0 Å². The fourth-order valence-electron chi connectivity index (χ4n) is 1.50. The van der Waals surface area contributed by atoms with Gasteiger partial charge in [-0.25, -0.2) is 13.8 Å². The summed E-state index contributed by atoms with van der Waals surface area (Å²) >= 11 is 3.07. The molecule has 0 amide bonds. The Morgan fingerprint density at radius 1 is 1.00 bits per heavy atom. The molecule has 2 aromatic rings. The zero-order valence-corrected chi connectivity index (χ0v) is 11.8. The van der Waals surface area contributed by atoms with E-state index in [9.17, 15) is 8.78 Å². The fraction of sp³-hybridized carbons (Fsp3) is 0.286. The van der Waals surface area contributed by atoms with Crippen LogP contribution < -0.4 is 0 Å². The third-order valence-electron chi connectivity index (χ3n) is 2.67. The molecule has 100 valence electrons. The van der Waals surface area contributed by atoms with E-state index < -0.39 is 0 Å². The number of nitrogens with zero attached hydrogens (tertiary/aromatic N) is 2.